The van der Waals surface area contributed by atoms with Crippen molar-refractivity contribution in [3.8, 4) is 0 Å². The van der Waals surface area contributed by atoms with Gasteiger partial charge in [-0.25, -0.2) is 0 Å². The van der Waals surface area contributed by atoms with E-state index >= 15 is 0 Å². The Bertz CT molecular complexity index is 213. The topological polar surface area (TPSA) is 15.6 Å². The van der Waals surface area contributed by atoms with Crippen LogP contribution in [0.15, 0.2) is 23.3 Å². The summed E-state index contributed by atoms with van der Waals surface area (Å²) in [5.74, 6) is 1.09. The molecule has 0 aliphatic carbocycles. The van der Waals surface area contributed by atoms with Crippen LogP contribution in [0.4, 0.5) is 0 Å². The molecular formula is C8H9N2. The van der Waals surface area contributed by atoms with Gasteiger partial charge < -0.3 is 4.90 Å². The van der Waals surface area contributed by atoms with Gasteiger partial charge in [-0.2, -0.15) is 0 Å². The van der Waals surface area contributed by atoms with Gasteiger partial charge in [0.2, 0.25) is 0 Å². The number of allylic oxidation sites excluding steroid dienone is 2. The first kappa shape index (κ1) is 5.71. The van der Waals surface area contributed by atoms with Crippen molar-refractivity contribution in [1.29, 1.82) is 0 Å². The summed E-state index contributed by atoms with van der Waals surface area (Å²) in [6, 6.07) is 0. The highest BCUT2D eigenvalue weighted by atomic mass is 15.2. The summed E-state index contributed by atoms with van der Waals surface area (Å²) < 4.78 is 0. The lowest BCUT2D eigenvalue weighted by atomic mass is 10.2. The molecule has 2 heteroatoms. The van der Waals surface area contributed by atoms with E-state index in [-0.39, 0.29) is 0 Å². The molecule has 0 spiro atoms. The second-order valence-electron chi connectivity index (χ2n) is 2.42. The van der Waals surface area contributed by atoms with Crippen molar-refractivity contribution in [3.63, 3.8) is 0 Å². The van der Waals surface area contributed by atoms with E-state index in [4.69, 9.17) is 0 Å². The molecule has 51 valence electrons. The van der Waals surface area contributed by atoms with E-state index in [1.807, 2.05) is 18.4 Å². The van der Waals surface area contributed by atoms with E-state index < -0.39 is 0 Å². The molecule has 2 aliphatic heterocycles. The zero-order chi connectivity index (χ0) is 6.81. The average molecular weight is 133 g/mol. The summed E-state index contributed by atoms with van der Waals surface area (Å²) in [6.45, 7) is 2.07. The number of nitrogens with zero attached hydrogens (tertiary/aromatic N) is 2. The molecular weight excluding hydrogens is 124 g/mol. The SMILES string of the molecule is [C]1=CN2CCCN=C2C=C1. The number of rotatable bonds is 0. The third kappa shape index (κ3) is 0.856. The Morgan fingerprint density at radius 1 is 1.60 bits per heavy atom. The van der Waals surface area contributed by atoms with Crippen LogP contribution >= 0.6 is 0 Å². The predicted molar refractivity (Wildman–Crippen MR) is 40.6 cm³/mol. The molecule has 0 amide bonds. The lowest BCUT2D eigenvalue weighted by molar-refractivity contribution is 0.508. The first-order chi connectivity index (χ1) is 4.97. The van der Waals surface area contributed by atoms with Gasteiger partial charge in [-0.05, 0) is 24.6 Å². The summed E-state index contributed by atoms with van der Waals surface area (Å²) in [5, 5.41) is 0. The van der Waals surface area contributed by atoms with Gasteiger partial charge in [0.15, 0.2) is 0 Å². The van der Waals surface area contributed by atoms with Crippen LogP contribution in [0.2, 0.25) is 0 Å². The van der Waals surface area contributed by atoms with Crippen LogP contribution in [0.5, 0.6) is 0 Å². The first-order valence-electron chi connectivity index (χ1n) is 3.54. The fraction of sp³-hybridized carbons (Fsp3) is 0.375. The van der Waals surface area contributed by atoms with Crippen LogP contribution in [-0.2, 0) is 0 Å². The minimum absolute atomic E-state index is 0.976. The Balaban J connectivity index is 2.27. The van der Waals surface area contributed by atoms with Crippen molar-refractivity contribution in [1.82, 2.24) is 4.90 Å². The van der Waals surface area contributed by atoms with Crippen molar-refractivity contribution < 1.29 is 0 Å². The molecule has 2 heterocycles. The minimum atomic E-state index is 0.976. The summed E-state index contributed by atoms with van der Waals surface area (Å²) in [7, 11) is 0. The maximum absolute atomic E-state index is 4.34. The highest BCUT2D eigenvalue weighted by Crippen LogP contribution is 2.07. The minimum Gasteiger partial charge on any atom is -0.333 e. The van der Waals surface area contributed by atoms with Gasteiger partial charge in [0.25, 0.3) is 0 Å². The standard InChI is InChI=1S/C8H9N2/c1-2-6-10-7-3-5-9-8(10)4-1/h1,4,6H,3,5,7H2. The van der Waals surface area contributed by atoms with Crippen molar-refractivity contribution in [2.75, 3.05) is 13.1 Å². The molecule has 0 saturated heterocycles. The Morgan fingerprint density at radius 3 is 3.50 bits per heavy atom. The normalized spacial score (nSPS) is 22.4. The summed E-state index contributed by atoms with van der Waals surface area (Å²) in [5.41, 5.74) is 0. The molecule has 0 N–H and O–H groups in total. The second kappa shape index (κ2) is 2.29. The van der Waals surface area contributed by atoms with Crippen LogP contribution in [0.3, 0.4) is 0 Å². The van der Waals surface area contributed by atoms with Crippen LogP contribution in [0, 0.1) is 6.08 Å². The molecule has 0 aromatic heterocycles. The van der Waals surface area contributed by atoms with Crippen LogP contribution < -0.4 is 0 Å². The Kier molecular flexibility index (Phi) is 1.31. The first-order valence-corrected chi connectivity index (χ1v) is 3.54. The van der Waals surface area contributed by atoms with Gasteiger partial charge in [0, 0.05) is 19.3 Å². The van der Waals surface area contributed by atoms with Gasteiger partial charge >= 0.3 is 0 Å². The molecule has 2 nitrogen and oxygen atoms in total. The van der Waals surface area contributed by atoms with E-state index in [0.717, 1.165) is 25.3 Å². The smallest absolute Gasteiger partial charge is 0.127 e. The highest BCUT2D eigenvalue weighted by Gasteiger charge is 2.10. The molecule has 2 rings (SSSR count). The van der Waals surface area contributed by atoms with E-state index in [0.29, 0.717) is 0 Å². The molecule has 0 bridgehead atoms. The van der Waals surface area contributed by atoms with Gasteiger partial charge in [0.1, 0.15) is 5.84 Å². The summed E-state index contributed by atoms with van der Waals surface area (Å²) in [4.78, 5) is 6.46. The molecule has 0 aromatic rings. The number of hydrogen-bond acceptors (Lipinski definition) is 2. The quantitative estimate of drug-likeness (QED) is 0.481. The fourth-order valence-corrected chi connectivity index (χ4v) is 1.17. The third-order valence-corrected chi connectivity index (χ3v) is 1.68. The molecule has 0 fully saturated rings. The van der Waals surface area contributed by atoms with Gasteiger partial charge in [-0.1, -0.05) is 0 Å². The molecule has 0 aromatic carbocycles. The highest BCUT2D eigenvalue weighted by molar-refractivity contribution is 5.94. The predicted octanol–water partition coefficient (Wildman–Crippen LogP) is 0.977. The maximum Gasteiger partial charge on any atom is 0.127 e. The molecule has 0 unspecified atom stereocenters. The van der Waals surface area contributed by atoms with Gasteiger partial charge in [-0.15, -0.1) is 0 Å². The Labute approximate surface area is 60.6 Å². The lowest BCUT2D eigenvalue weighted by Gasteiger charge is -2.25. The van der Waals surface area contributed by atoms with Crippen molar-refractivity contribution >= 4 is 5.84 Å². The lowest BCUT2D eigenvalue weighted by Crippen LogP contribution is -2.30. The molecule has 10 heavy (non-hydrogen) atoms. The van der Waals surface area contributed by atoms with E-state index in [2.05, 4.69) is 16.0 Å². The van der Waals surface area contributed by atoms with Crippen molar-refractivity contribution in [2.24, 2.45) is 4.99 Å². The van der Waals surface area contributed by atoms with E-state index in [9.17, 15) is 0 Å². The van der Waals surface area contributed by atoms with Crippen molar-refractivity contribution in [2.45, 2.75) is 6.42 Å². The Morgan fingerprint density at radius 2 is 2.60 bits per heavy atom. The molecule has 2 aliphatic rings. The summed E-state index contributed by atoms with van der Waals surface area (Å²) >= 11 is 0. The van der Waals surface area contributed by atoms with Gasteiger partial charge in [-0.3, -0.25) is 4.99 Å². The number of hydrogen-bond donors (Lipinski definition) is 0. The zero-order valence-corrected chi connectivity index (χ0v) is 5.75. The molecule has 0 saturated carbocycles. The molecule has 1 radical (unpaired) electrons. The van der Waals surface area contributed by atoms with Crippen LogP contribution in [0.25, 0.3) is 0 Å². The number of fused-ring (bicyclic) bond motifs is 1. The Hall–Kier alpha value is -1.05. The van der Waals surface area contributed by atoms with Gasteiger partial charge in [0.05, 0.1) is 0 Å². The second-order valence-corrected chi connectivity index (χ2v) is 2.42. The zero-order valence-electron chi connectivity index (χ0n) is 5.75. The maximum atomic E-state index is 4.34. The number of aliphatic imine (C=N–C) groups is 1. The summed E-state index contributed by atoms with van der Waals surface area (Å²) in [6.07, 6.45) is 10.0. The van der Waals surface area contributed by atoms with E-state index in [1.54, 1.807) is 0 Å². The van der Waals surface area contributed by atoms with Crippen LogP contribution in [-0.4, -0.2) is 23.8 Å². The fourth-order valence-electron chi connectivity index (χ4n) is 1.17. The van der Waals surface area contributed by atoms with E-state index in [1.165, 1.54) is 0 Å². The third-order valence-electron chi connectivity index (χ3n) is 1.68. The average Bonchev–Trinajstić information content (AvgIpc) is 2.05. The number of amidine groups is 1. The van der Waals surface area contributed by atoms with Crippen LogP contribution in [0.1, 0.15) is 6.42 Å². The monoisotopic (exact) mass is 133 g/mol. The van der Waals surface area contributed by atoms with Crippen molar-refractivity contribution in [3.05, 3.63) is 24.4 Å². The molecule has 0 atom stereocenters. The largest absolute Gasteiger partial charge is 0.333 e.